The van der Waals surface area contributed by atoms with Crippen LogP contribution in [-0.2, 0) is 17.8 Å². The van der Waals surface area contributed by atoms with Gasteiger partial charge in [0.1, 0.15) is 11.4 Å². The second-order valence-corrected chi connectivity index (χ2v) is 7.54. The normalized spacial score (nSPS) is 18.7. The number of aliphatic hydroxyl groups is 1. The molecule has 4 rings (SSSR count). The van der Waals surface area contributed by atoms with Crippen LogP contribution < -0.4 is 5.56 Å². The molecule has 1 aromatic carbocycles. The smallest absolute Gasteiger partial charge is 0.268 e. The molecule has 3 heterocycles. The summed E-state index contributed by atoms with van der Waals surface area (Å²) >= 11 is 0. The van der Waals surface area contributed by atoms with Crippen LogP contribution in [0, 0.1) is 5.82 Å². The molecule has 8 heteroatoms. The van der Waals surface area contributed by atoms with Gasteiger partial charge in [0.15, 0.2) is 0 Å². The Morgan fingerprint density at radius 1 is 1.14 bits per heavy atom. The number of aromatic nitrogens is 1. The fourth-order valence-corrected chi connectivity index (χ4v) is 4.02. The minimum absolute atomic E-state index is 0.0733. The maximum absolute atomic E-state index is 13.3. The van der Waals surface area contributed by atoms with Gasteiger partial charge in [-0.3, -0.25) is 19.0 Å². The van der Waals surface area contributed by atoms with Crippen molar-refractivity contribution in [2.45, 2.75) is 32.4 Å². The van der Waals surface area contributed by atoms with E-state index in [-0.39, 0.29) is 18.0 Å². The van der Waals surface area contributed by atoms with Gasteiger partial charge in [-0.1, -0.05) is 0 Å². The van der Waals surface area contributed by atoms with E-state index in [1.54, 1.807) is 11.1 Å². The molecule has 152 valence electrons. The van der Waals surface area contributed by atoms with Crippen LogP contribution in [0.25, 0.3) is 5.69 Å². The van der Waals surface area contributed by atoms with Crippen LogP contribution >= 0.6 is 0 Å². The summed E-state index contributed by atoms with van der Waals surface area (Å²) in [5.74, 6) is -0.911. The van der Waals surface area contributed by atoms with Crippen LogP contribution in [0.4, 0.5) is 4.39 Å². The zero-order chi connectivity index (χ0) is 20.7. The molecule has 0 aliphatic carbocycles. The highest BCUT2D eigenvalue weighted by Gasteiger charge is 2.32. The number of fused-ring (bicyclic) bond motifs is 1. The van der Waals surface area contributed by atoms with Gasteiger partial charge in [0.2, 0.25) is 5.91 Å². The lowest BCUT2D eigenvalue weighted by atomic mass is 9.95. The number of pyridine rings is 1. The summed E-state index contributed by atoms with van der Waals surface area (Å²) in [6.07, 6.45) is 1.93. The Bertz CT molecular complexity index is 1030. The molecule has 7 nitrogen and oxygen atoms in total. The van der Waals surface area contributed by atoms with Crippen molar-refractivity contribution < 1.29 is 19.1 Å². The highest BCUT2D eigenvalue weighted by Crippen LogP contribution is 2.24. The minimum Gasteiger partial charge on any atom is -0.391 e. The topological polar surface area (TPSA) is 82.9 Å². The van der Waals surface area contributed by atoms with Crippen molar-refractivity contribution >= 4 is 11.8 Å². The number of halogens is 1. The van der Waals surface area contributed by atoms with Gasteiger partial charge in [0, 0.05) is 45.0 Å². The zero-order valence-electron chi connectivity index (χ0n) is 16.1. The standard InChI is InChI=1S/C21H22FN3O4/c1-13(26)23-9-7-18-14(10-23)11-25(16-4-2-15(22)3-5-16)21(29)19(18)20(28)24-8-6-17(27)12-24/h2-5,11,17,27H,6-10,12H2,1H3/t17-/m0/s1. The summed E-state index contributed by atoms with van der Waals surface area (Å²) in [4.78, 5) is 41.5. The SMILES string of the molecule is CC(=O)N1CCc2c(cn(-c3ccc(F)cc3)c(=O)c2C(=O)N2CC[C@H](O)C2)C1. The summed E-state index contributed by atoms with van der Waals surface area (Å²) in [6, 6.07) is 5.45. The average Bonchev–Trinajstić information content (AvgIpc) is 3.14. The van der Waals surface area contributed by atoms with Crippen LogP contribution in [0.1, 0.15) is 34.8 Å². The predicted molar refractivity (Wildman–Crippen MR) is 103 cm³/mol. The van der Waals surface area contributed by atoms with E-state index in [1.807, 2.05) is 0 Å². The molecule has 1 aromatic heterocycles. The third-order valence-electron chi connectivity index (χ3n) is 5.61. The second-order valence-electron chi connectivity index (χ2n) is 7.54. The molecule has 0 radical (unpaired) electrons. The molecule has 0 spiro atoms. The first-order valence-electron chi connectivity index (χ1n) is 9.61. The van der Waals surface area contributed by atoms with E-state index < -0.39 is 23.4 Å². The molecule has 1 saturated heterocycles. The number of nitrogens with zero attached hydrogens (tertiary/aromatic N) is 3. The van der Waals surface area contributed by atoms with Crippen molar-refractivity contribution in [3.8, 4) is 5.69 Å². The molecule has 2 aliphatic heterocycles. The predicted octanol–water partition coefficient (Wildman–Crippen LogP) is 1.09. The number of β-amino-alcohol motifs (C(OH)–C–C–N with tert-alkyl or cyclic N) is 1. The molecule has 2 aromatic rings. The van der Waals surface area contributed by atoms with Gasteiger partial charge in [0.05, 0.1) is 6.10 Å². The van der Waals surface area contributed by atoms with Crippen LogP contribution in [0.5, 0.6) is 0 Å². The number of likely N-dealkylation sites (tertiary alicyclic amines) is 1. The van der Waals surface area contributed by atoms with Gasteiger partial charge in [0.25, 0.3) is 11.5 Å². The Kier molecular flexibility index (Phi) is 4.96. The van der Waals surface area contributed by atoms with Crippen molar-refractivity contribution in [1.82, 2.24) is 14.4 Å². The monoisotopic (exact) mass is 399 g/mol. The summed E-state index contributed by atoms with van der Waals surface area (Å²) in [5.41, 5.74) is 1.41. The van der Waals surface area contributed by atoms with Gasteiger partial charge in [-0.25, -0.2) is 4.39 Å². The molecule has 2 amide bonds. The lowest BCUT2D eigenvalue weighted by Crippen LogP contribution is -2.41. The summed E-state index contributed by atoms with van der Waals surface area (Å²) in [6.45, 7) is 2.80. The molecule has 0 unspecified atom stereocenters. The second kappa shape index (κ2) is 7.44. The molecular formula is C21H22FN3O4. The van der Waals surface area contributed by atoms with E-state index in [9.17, 15) is 23.9 Å². The molecule has 29 heavy (non-hydrogen) atoms. The van der Waals surface area contributed by atoms with E-state index in [2.05, 4.69) is 0 Å². The van der Waals surface area contributed by atoms with Gasteiger partial charge in [-0.2, -0.15) is 0 Å². The van der Waals surface area contributed by atoms with Crippen molar-refractivity contribution in [3.63, 3.8) is 0 Å². The van der Waals surface area contributed by atoms with Gasteiger partial charge in [-0.05, 0) is 48.2 Å². The summed E-state index contributed by atoms with van der Waals surface area (Å²) in [7, 11) is 0. The summed E-state index contributed by atoms with van der Waals surface area (Å²) in [5, 5.41) is 9.80. The molecular weight excluding hydrogens is 377 g/mol. The molecule has 1 atom stereocenters. The fraction of sp³-hybridized carbons (Fsp3) is 0.381. The van der Waals surface area contributed by atoms with Crippen LogP contribution in [0.15, 0.2) is 35.3 Å². The van der Waals surface area contributed by atoms with Crippen molar-refractivity contribution in [2.24, 2.45) is 0 Å². The Labute approximate surface area is 167 Å². The Morgan fingerprint density at radius 3 is 2.48 bits per heavy atom. The van der Waals surface area contributed by atoms with Gasteiger partial charge >= 0.3 is 0 Å². The number of rotatable bonds is 2. The maximum atomic E-state index is 13.3. The third kappa shape index (κ3) is 3.55. The number of carbonyl (C=O) groups is 2. The van der Waals surface area contributed by atoms with Crippen LogP contribution in [-0.4, -0.2) is 57.0 Å². The first kappa shape index (κ1) is 19.3. The summed E-state index contributed by atoms with van der Waals surface area (Å²) < 4.78 is 14.7. The van der Waals surface area contributed by atoms with Gasteiger partial charge < -0.3 is 14.9 Å². The number of hydrogen-bond donors (Lipinski definition) is 1. The quantitative estimate of drug-likeness (QED) is 0.820. The largest absolute Gasteiger partial charge is 0.391 e. The molecule has 1 fully saturated rings. The third-order valence-corrected chi connectivity index (χ3v) is 5.61. The van der Waals surface area contributed by atoms with Crippen LogP contribution in [0.3, 0.4) is 0 Å². The Morgan fingerprint density at radius 2 is 1.86 bits per heavy atom. The zero-order valence-corrected chi connectivity index (χ0v) is 16.1. The van der Waals surface area contributed by atoms with E-state index in [0.717, 1.165) is 5.56 Å². The number of aliphatic hydroxyl groups excluding tert-OH is 1. The van der Waals surface area contributed by atoms with Gasteiger partial charge in [-0.15, -0.1) is 0 Å². The van der Waals surface area contributed by atoms with Crippen LogP contribution in [0.2, 0.25) is 0 Å². The highest BCUT2D eigenvalue weighted by molar-refractivity contribution is 5.96. The average molecular weight is 399 g/mol. The van der Waals surface area contributed by atoms with E-state index in [4.69, 9.17) is 0 Å². The number of benzene rings is 1. The Hall–Kier alpha value is -3.00. The first-order valence-corrected chi connectivity index (χ1v) is 9.61. The first-order chi connectivity index (χ1) is 13.8. The van der Waals surface area contributed by atoms with Crippen molar-refractivity contribution in [1.29, 1.82) is 0 Å². The molecule has 0 saturated carbocycles. The van der Waals surface area contributed by atoms with E-state index >= 15 is 0 Å². The van der Waals surface area contributed by atoms with Crippen molar-refractivity contribution in [3.05, 3.63) is 63.3 Å². The Balaban J connectivity index is 1.86. The van der Waals surface area contributed by atoms with E-state index in [0.29, 0.717) is 43.7 Å². The lowest BCUT2D eigenvalue weighted by Gasteiger charge is -2.30. The van der Waals surface area contributed by atoms with E-state index in [1.165, 1.54) is 40.7 Å². The maximum Gasteiger partial charge on any atom is 0.268 e. The number of hydrogen-bond acceptors (Lipinski definition) is 4. The molecule has 2 aliphatic rings. The molecule has 1 N–H and O–H groups in total. The lowest BCUT2D eigenvalue weighted by molar-refractivity contribution is -0.129. The number of carbonyl (C=O) groups excluding carboxylic acids is 2. The molecule has 0 bridgehead atoms. The fourth-order valence-electron chi connectivity index (χ4n) is 4.02. The van der Waals surface area contributed by atoms with Crippen molar-refractivity contribution in [2.75, 3.05) is 19.6 Å². The minimum atomic E-state index is -0.592. The highest BCUT2D eigenvalue weighted by atomic mass is 19.1. The number of amides is 2.